The van der Waals surface area contributed by atoms with Gasteiger partial charge in [-0.15, -0.1) is 0 Å². The molecule has 0 amide bonds. The lowest BCUT2D eigenvalue weighted by molar-refractivity contribution is -0.137. The van der Waals surface area contributed by atoms with Crippen molar-refractivity contribution < 1.29 is 17.6 Å². The molecule has 0 saturated heterocycles. The van der Waals surface area contributed by atoms with Gasteiger partial charge in [-0.05, 0) is 29.8 Å². The van der Waals surface area contributed by atoms with Gasteiger partial charge in [-0.1, -0.05) is 12.1 Å². The molecular formula is C18H11F4N3. The van der Waals surface area contributed by atoms with Crippen molar-refractivity contribution in [2.45, 2.75) is 12.7 Å². The molecule has 0 radical (unpaired) electrons. The Hall–Kier alpha value is -3.14. The minimum Gasteiger partial charge on any atom is -0.347 e. The summed E-state index contributed by atoms with van der Waals surface area (Å²) >= 11 is 0. The summed E-state index contributed by atoms with van der Waals surface area (Å²) in [5.41, 5.74) is 1.12. The van der Waals surface area contributed by atoms with Gasteiger partial charge in [-0.25, -0.2) is 4.39 Å². The van der Waals surface area contributed by atoms with E-state index < -0.39 is 17.6 Å². The van der Waals surface area contributed by atoms with Gasteiger partial charge >= 0.3 is 6.18 Å². The predicted octanol–water partition coefficient (Wildman–Crippen LogP) is 4.63. The molecule has 2 heterocycles. The molecular weight excluding hydrogens is 334 g/mol. The molecule has 3 aromatic rings. The molecule has 0 aliphatic rings. The fourth-order valence-corrected chi connectivity index (χ4v) is 2.42. The van der Waals surface area contributed by atoms with Crippen molar-refractivity contribution >= 4 is 0 Å². The smallest absolute Gasteiger partial charge is 0.347 e. The van der Waals surface area contributed by atoms with Crippen LogP contribution in [0.15, 0.2) is 55.0 Å². The molecule has 126 valence electrons. The second-order valence-electron chi connectivity index (χ2n) is 5.42. The Morgan fingerprint density at radius 3 is 2.40 bits per heavy atom. The van der Waals surface area contributed by atoms with Crippen LogP contribution in [0.5, 0.6) is 0 Å². The summed E-state index contributed by atoms with van der Waals surface area (Å²) in [6.07, 6.45) is -0.212. The van der Waals surface area contributed by atoms with Crippen LogP contribution >= 0.6 is 0 Å². The van der Waals surface area contributed by atoms with Crippen molar-refractivity contribution in [2.75, 3.05) is 0 Å². The van der Waals surface area contributed by atoms with Crippen molar-refractivity contribution in [3.05, 3.63) is 77.5 Å². The van der Waals surface area contributed by atoms with E-state index in [2.05, 4.69) is 4.98 Å². The zero-order valence-corrected chi connectivity index (χ0v) is 12.8. The molecule has 2 aromatic heterocycles. The van der Waals surface area contributed by atoms with Crippen LogP contribution in [0.1, 0.15) is 16.7 Å². The highest BCUT2D eigenvalue weighted by atomic mass is 19.4. The minimum absolute atomic E-state index is 0.253. The molecule has 25 heavy (non-hydrogen) atoms. The number of nitriles is 1. The first-order chi connectivity index (χ1) is 11.9. The average Bonchev–Trinajstić information content (AvgIpc) is 2.99. The van der Waals surface area contributed by atoms with Crippen LogP contribution in [-0.2, 0) is 12.7 Å². The van der Waals surface area contributed by atoms with Crippen molar-refractivity contribution in [1.82, 2.24) is 9.55 Å². The maximum atomic E-state index is 13.1. The van der Waals surface area contributed by atoms with E-state index in [4.69, 9.17) is 0 Å². The molecule has 0 aliphatic carbocycles. The summed E-state index contributed by atoms with van der Waals surface area (Å²) in [5.74, 6) is -0.393. The summed E-state index contributed by atoms with van der Waals surface area (Å²) in [6, 6.07) is 9.56. The Kier molecular flexibility index (Phi) is 4.28. The van der Waals surface area contributed by atoms with E-state index in [1.54, 1.807) is 10.6 Å². The quantitative estimate of drug-likeness (QED) is 0.650. The second-order valence-corrected chi connectivity index (χ2v) is 5.42. The standard InChI is InChI=1S/C18H11F4N3/c19-16-5-6-25(11-16)10-13-7-17(24-9-14(13)8-23)12-1-3-15(4-2-12)18(20,21)22/h1-7,9,11H,10H2. The van der Waals surface area contributed by atoms with Crippen molar-refractivity contribution in [1.29, 1.82) is 5.26 Å². The lowest BCUT2D eigenvalue weighted by atomic mass is 10.0. The molecule has 0 fully saturated rings. The molecule has 7 heteroatoms. The fourth-order valence-electron chi connectivity index (χ4n) is 2.42. The van der Waals surface area contributed by atoms with Crippen LogP contribution in [0.3, 0.4) is 0 Å². The average molecular weight is 345 g/mol. The SMILES string of the molecule is N#Cc1cnc(-c2ccc(C(F)(F)F)cc2)cc1Cn1ccc(F)c1. The van der Waals surface area contributed by atoms with E-state index in [0.717, 1.165) is 12.1 Å². The number of hydrogen-bond acceptors (Lipinski definition) is 2. The highest BCUT2D eigenvalue weighted by Crippen LogP contribution is 2.31. The summed E-state index contributed by atoms with van der Waals surface area (Å²) in [6.45, 7) is 0.253. The third-order valence-corrected chi connectivity index (χ3v) is 3.69. The maximum Gasteiger partial charge on any atom is 0.416 e. The largest absolute Gasteiger partial charge is 0.416 e. The third kappa shape index (κ3) is 3.69. The summed E-state index contributed by atoms with van der Waals surface area (Å²) in [7, 11) is 0. The van der Waals surface area contributed by atoms with E-state index in [9.17, 15) is 22.8 Å². The topological polar surface area (TPSA) is 41.6 Å². The molecule has 0 atom stereocenters. The lowest BCUT2D eigenvalue weighted by Gasteiger charge is -2.10. The number of hydrogen-bond donors (Lipinski definition) is 0. The first-order valence-corrected chi connectivity index (χ1v) is 7.25. The van der Waals surface area contributed by atoms with Gasteiger partial charge in [-0.3, -0.25) is 4.98 Å². The van der Waals surface area contributed by atoms with Gasteiger partial charge in [0, 0.05) is 30.7 Å². The highest BCUT2D eigenvalue weighted by molar-refractivity contribution is 5.61. The summed E-state index contributed by atoms with van der Waals surface area (Å²) < 4.78 is 52.6. The molecule has 0 N–H and O–H groups in total. The van der Waals surface area contributed by atoms with Gasteiger partial charge in [-0.2, -0.15) is 18.4 Å². The zero-order chi connectivity index (χ0) is 18.0. The van der Waals surface area contributed by atoms with Crippen molar-refractivity contribution in [3.63, 3.8) is 0 Å². The summed E-state index contributed by atoms with van der Waals surface area (Å²) in [5, 5.41) is 9.19. The van der Waals surface area contributed by atoms with Gasteiger partial charge in [0.2, 0.25) is 0 Å². The Balaban J connectivity index is 1.95. The highest BCUT2D eigenvalue weighted by Gasteiger charge is 2.30. The minimum atomic E-state index is -4.40. The van der Waals surface area contributed by atoms with Crippen LogP contribution in [0.25, 0.3) is 11.3 Å². The van der Waals surface area contributed by atoms with Crippen LogP contribution in [-0.4, -0.2) is 9.55 Å². The molecule has 3 nitrogen and oxygen atoms in total. The van der Waals surface area contributed by atoms with E-state index in [0.29, 0.717) is 22.4 Å². The fraction of sp³-hybridized carbons (Fsp3) is 0.111. The van der Waals surface area contributed by atoms with Crippen LogP contribution < -0.4 is 0 Å². The molecule has 1 aromatic carbocycles. The predicted molar refractivity (Wildman–Crippen MR) is 82.9 cm³/mol. The molecule has 0 aliphatic heterocycles. The second kappa shape index (κ2) is 6.40. The molecule has 0 spiro atoms. The van der Waals surface area contributed by atoms with Crippen molar-refractivity contribution in [2.24, 2.45) is 0 Å². The van der Waals surface area contributed by atoms with E-state index in [-0.39, 0.29) is 6.54 Å². The third-order valence-electron chi connectivity index (χ3n) is 3.69. The van der Waals surface area contributed by atoms with Gasteiger partial charge in [0.25, 0.3) is 0 Å². The lowest BCUT2D eigenvalue weighted by Crippen LogP contribution is -2.04. The van der Waals surface area contributed by atoms with Gasteiger partial charge < -0.3 is 4.57 Å². The zero-order valence-electron chi connectivity index (χ0n) is 12.8. The Bertz CT molecular complexity index is 934. The number of alkyl halides is 3. The van der Waals surface area contributed by atoms with E-state index in [1.165, 1.54) is 36.8 Å². The Labute approximate surface area is 140 Å². The molecule has 0 unspecified atom stereocenters. The number of aromatic nitrogens is 2. The Morgan fingerprint density at radius 2 is 1.84 bits per heavy atom. The molecule has 3 rings (SSSR count). The van der Waals surface area contributed by atoms with E-state index in [1.807, 2.05) is 6.07 Å². The first-order valence-electron chi connectivity index (χ1n) is 7.25. The van der Waals surface area contributed by atoms with Gasteiger partial charge in [0.1, 0.15) is 11.9 Å². The number of halogens is 4. The van der Waals surface area contributed by atoms with Crippen LogP contribution in [0.2, 0.25) is 0 Å². The van der Waals surface area contributed by atoms with Gasteiger partial charge in [0.05, 0.1) is 16.8 Å². The van der Waals surface area contributed by atoms with E-state index >= 15 is 0 Å². The van der Waals surface area contributed by atoms with Crippen LogP contribution in [0, 0.1) is 17.1 Å². The molecule has 0 saturated carbocycles. The first kappa shape index (κ1) is 16.7. The number of benzene rings is 1. The normalized spacial score (nSPS) is 11.3. The number of nitrogens with zero attached hydrogens (tertiary/aromatic N) is 3. The maximum absolute atomic E-state index is 13.1. The number of pyridine rings is 1. The molecule has 0 bridgehead atoms. The Morgan fingerprint density at radius 1 is 1.12 bits per heavy atom. The van der Waals surface area contributed by atoms with Gasteiger partial charge in [0.15, 0.2) is 0 Å². The van der Waals surface area contributed by atoms with Crippen LogP contribution in [0.4, 0.5) is 17.6 Å². The summed E-state index contributed by atoms with van der Waals surface area (Å²) in [4.78, 5) is 4.13. The van der Waals surface area contributed by atoms with Crippen molar-refractivity contribution in [3.8, 4) is 17.3 Å². The monoisotopic (exact) mass is 345 g/mol. The number of rotatable bonds is 3.